The predicted octanol–water partition coefficient (Wildman–Crippen LogP) is 3.30. The third-order valence-electron chi connectivity index (χ3n) is 5.55. The minimum Gasteiger partial charge on any atom is -0.481 e. The number of hydrogen-bond donors (Lipinski definition) is 1. The van der Waals surface area contributed by atoms with Gasteiger partial charge in [-0.3, -0.25) is 9.69 Å². The maximum Gasteiger partial charge on any atom is 0.307 e. The number of piperidine rings is 1. The van der Waals surface area contributed by atoms with Crippen LogP contribution in [0.3, 0.4) is 0 Å². The average molecular weight is 353 g/mol. The van der Waals surface area contributed by atoms with Gasteiger partial charge in [0, 0.05) is 37.9 Å². The maximum absolute atomic E-state index is 10.8. The van der Waals surface area contributed by atoms with Gasteiger partial charge in [-0.2, -0.15) is 0 Å². The maximum atomic E-state index is 10.8. The second kappa shape index (κ2) is 7.62. The lowest BCUT2D eigenvalue weighted by Crippen LogP contribution is -2.35. The molecule has 1 N–H and O–H groups in total. The number of aliphatic carboxylic acids is 1. The molecule has 0 bridgehead atoms. The first-order valence-corrected chi connectivity index (χ1v) is 9.70. The SMILES string of the molecule is O=C(O)Cc1ccc(CN2CCCC(c3nccn3CC3CC3)C2)cc1. The fourth-order valence-corrected chi connectivity index (χ4v) is 4.02. The van der Waals surface area contributed by atoms with E-state index in [-0.39, 0.29) is 6.42 Å². The zero-order valence-electron chi connectivity index (χ0n) is 15.2. The van der Waals surface area contributed by atoms with E-state index in [1.54, 1.807) is 0 Å². The van der Waals surface area contributed by atoms with Crippen molar-refractivity contribution >= 4 is 5.97 Å². The zero-order chi connectivity index (χ0) is 17.9. The van der Waals surface area contributed by atoms with Crippen LogP contribution in [0.15, 0.2) is 36.7 Å². The number of carboxylic acids is 1. The summed E-state index contributed by atoms with van der Waals surface area (Å²) in [4.78, 5) is 18.0. The lowest BCUT2D eigenvalue weighted by atomic mass is 9.96. The first-order chi connectivity index (χ1) is 12.7. The van der Waals surface area contributed by atoms with Crippen LogP contribution in [0.5, 0.6) is 0 Å². The third kappa shape index (κ3) is 4.33. The summed E-state index contributed by atoms with van der Waals surface area (Å²) in [5.74, 6) is 1.87. The molecule has 2 aromatic rings. The van der Waals surface area contributed by atoms with E-state index in [1.165, 1.54) is 37.1 Å². The Morgan fingerprint density at radius 1 is 1.15 bits per heavy atom. The van der Waals surface area contributed by atoms with Crippen LogP contribution in [-0.4, -0.2) is 38.6 Å². The molecule has 1 aromatic carbocycles. The summed E-state index contributed by atoms with van der Waals surface area (Å²) >= 11 is 0. The van der Waals surface area contributed by atoms with Crippen molar-refractivity contribution in [2.45, 2.75) is 51.1 Å². The highest BCUT2D eigenvalue weighted by molar-refractivity contribution is 5.70. The fraction of sp³-hybridized carbons (Fsp3) is 0.524. The van der Waals surface area contributed by atoms with Crippen molar-refractivity contribution in [1.29, 1.82) is 0 Å². The molecule has 1 aliphatic heterocycles. The number of benzene rings is 1. The normalized spacial score (nSPS) is 21.0. The van der Waals surface area contributed by atoms with E-state index in [0.717, 1.165) is 37.7 Å². The number of hydrogen-bond acceptors (Lipinski definition) is 3. The molecule has 1 atom stereocenters. The molecule has 0 spiro atoms. The molecule has 2 heterocycles. The lowest BCUT2D eigenvalue weighted by Gasteiger charge is -2.32. The Morgan fingerprint density at radius 3 is 2.65 bits per heavy atom. The molecule has 5 heteroatoms. The summed E-state index contributed by atoms with van der Waals surface area (Å²) in [5.41, 5.74) is 2.11. The largest absolute Gasteiger partial charge is 0.481 e. The number of carbonyl (C=O) groups is 1. The van der Waals surface area contributed by atoms with Crippen LogP contribution in [0, 0.1) is 5.92 Å². The van der Waals surface area contributed by atoms with Crippen LogP contribution in [-0.2, 0) is 24.3 Å². The molecule has 138 valence electrons. The van der Waals surface area contributed by atoms with E-state index < -0.39 is 5.97 Å². The minimum absolute atomic E-state index is 0.0930. The number of carboxylic acid groups (broad SMARTS) is 1. The number of aromatic nitrogens is 2. The molecule has 0 radical (unpaired) electrons. The molecule has 2 fully saturated rings. The van der Waals surface area contributed by atoms with Crippen LogP contribution < -0.4 is 0 Å². The molecule has 1 unspecified atom stereocenters. The second-order valence-electron chi connectivity index (χ2n) is 7.84. The van der Waals surface area contributed by atoms with E-state index in [1.807, 2.05) is 18.3 Å². The lowest BCUT2D eigenvalue weighted by molar-refractivity contribution is -0.136. The van der Waals surface area contributed by atoms with Crippen molar-refractivity contribution in [2.75, 3.05) is 13.1 Å². The Labute approximate surface area is 154 Å². The second-order valence-corrected chi connectivity index (χ2v) is 7.84. The number of imidazole rings is 1. The Kier molecular flexibility index (Phi) is 5.07. The molecular formula is C21H27N3O2. The molecule has 5 nitrogen and oxygen atoms in total. The monoisotopic (exact) mass is 353 g/mol. The molecular weight excluding hydrogens is 326 g/mol. The van der Waals surface area contributed by atoms with Crippen molar-refractivity contribution in [3.63, 3.8) is 0 Å². The van der Waals surface area contributed by atoms with Gasteiger partial charge < -0.3 is 9.67 Å². The summed E-state index contributed by atoms with van der Waals surface area (Å²) < 4.78 is 2.38. The van der Waals surface area contributed by atoms with Gasteiger partial charge in [0.05, 0.1) is 6.42 Å². The highest BCUT2D eigenvalue weighted by Gasteiger charge is 2.27. The molecule has 1 saturated heterocycles. The van der Waals surface area contributed by atoms with E-state index >= 15 is 0 Å². The van der Waals surface area contributed by atoms with Gasteiger partial charge in [0.2, 0.25) is 0 Å². The number of nitrogens with zero attached hydrogens (tertiary/aromatic N) is 3. The number of likely N-dealkylation sites (tertiary alicyclic amines) is 1. The molecule has 1 aliphatic carbocycles. The van der Waals surface area contributed by atoms with Crippen molar-refractivity contribution in [1.82, 2.24) is 14.5 Å². The van der Waals surface area contributed by atoms with Gasteiger partial charge in [-0.05, 0) is 49.3 Å². The Morgan fingerprint density at radius 2 is 1.92 bits per heavy atom. The van der Waals surface area contributed by atoms with Crippen molar-refractivity contribution in [2.24, 2.45) is 5.92 Å². The van der Waals surface area contributed by atoms with E-state index in [9.17, 15) is 4.79 Å². The standard InChI is InChI=1S/C21H27N3O2/c25-20(26)12-16-3-5-17(6-4-16)13-23-10-1-2-19(15-23)21-22-9-11-24(21)14-18-7-8-18/h3-6,9,11,18-19H,1-2,7-8,10,12-15H2,(H,25,26). The van der Waals surface area contributed by atoms with Crippen molar-refractivity contribution in [3.05, 3.63) is 53.6 Å². The highest BCUT2D eigenvalue weighted by Crippen LogP contribution is 2.33. The average Bonchev–Trinajstić information content (AvgIpc) is 3.32. The Bertz CT molecular complexity index is 749. The summed E-state index contributed by atoms with van der Waals surface area (Å²) in [6, 6.07) is 8.01. The van der Waals surface area contributed by atoms with Crippen molar-refractivity contribution in [3.8, 4) is 0 Å². The highest BCUT2D eigenvalue weighted by atomic mass is 16.4. The number of rotatable bonds is 7. The van der Waals surface area contributed by atoms with Crippen molar-refractivity contribution < 1.29 is 9.90 Å². The smallest absolute Gasteiger partial charge is 0.307 e. The van der Waals surface area contributed by atoms with Gasteiger partial charge in [-0.1, -0.05) is 24.3 Å². The van der Waals surface area contributed by atoms with Crippen LogP contribution in [0.4, 0.5) is 0 Å². The topological polar surface area (TPSA) is 58.4 Å². The zero-order valence-corrected chi connectivity index (χ0v) is 15.2. The van der Waals surface area contributed by atoms with E-state index in [2.05, 4.69) is 32.8 Å². The van der Waals surface area contributed by atoms with Crippen LogP contribution >= 0.6 is 0 Å². The molecule has 2 aliphatic rings. The van der Waals surface area contributed by atoms with Crippen LogP contribution in [0.2, 0.25) is 0 Å². The van der Waals surface area contributed by atoms with E-state index in [0.29, 0.717) is 5.92 Å². The first kappa shape index (κ1) is 17.3. The van der Waals surface area contributed by atoms with Gasteiger partial charge in [0.25, 0.3) is 0 Å². The Hall–Kier alpha value is -2.14. The van der Waals surface area contributed by atoms with Gasteiger partial charge in [-0.15, -0.1) is 0 Å². The summed E-state index contributed by atoms with van der Waals surface area (Å²) in [6.07, 6.45) is 9.35. The van der Waals surface area contributed by atoms with E-state index in [4.69, 9.17) is 5.11 Å². The van der Waals surface area contributed by atoms with Gasteiger partial charge >= 0.3 is 5.97 Å². The minimum atomic E-state index is -0.779. The van der Waals surface area contributed by atoms with Gasteiger partial charge in [0.15, 0.2) is 0 Å². The fourth-order valence-electron chi connectivity index (χ4n) is 4.02. The van der Waals surface area contributed by atoms with Crippen LogP contribution in [0.25, 0.3) is 0 Å². The molecule has 1 aromatic heterocycles. The Balaban J connectivity index is 1.37. The summed E-state index contributed by atoms with van der Waals surface area (Å²) in [5, 5.41) is 8.88. The summed E-state index contributed by atoms with van der Waals surface area (Å²) in [6.45, 7) is 4.24. The van der Waals surface area contributed by atoms with Crippen LogP contribution in [0.1, 0.15) is 48.6 Å². The van der Waals surface area contributed by atoms with Gasteiger partial charge in [0.1, 0.15) is 5.82 Å². The molecule has 4 rings (SSSR count). The first-order valence-electron chi connectivity index (χ1n) is 9.70. The third-order valence-corrected chi connectivity index (χ3v) is 5.55. The quantitative estimate of drug-likeness (QED) is 0.830. The summed E-state index contributed by atoms with van der Waals surface area (Å²) in [7, 11) is 0. The van der Waals surface area contributed by atoms with Gasteiger partial charge in [-0.25, -0.2) is 4.98 Å². The molecule has 26 heavy (non-hydrogen) atoms. The molecule has 0 amide bonds. The molecule has 1 saturated carbocycles. The predicted molar refractivity (Wildman–Crippen MR) is 100.0 cm³/mol.